The maximum Gasteiger partial charge on any atom is 0.167 e. The quantitative estimate of drug-likeness (QED) is 0.564. The van der Waals surface area contributed by atoms with Crippen LogP contribution >= 0.6 is 31.9 Å². The Labute approximate surface area is 127 Å². The molecule has 1 unspecified atom stereocenters. The molecule has 0 spiro atoms. The van der Waals surface area contributed by atoms with Crippen molar-refractivity contribution in [2.24, 2.45) is 5.92 Å². The molecular formula is C15H20Br2O. The summed E-state index contributed by atoms with van der Waals surface area (Å²) in [6.45, 7) is 6.28. The third-order valence-corrected chi connectivity index (χ3v) is 4.79. The largest absolute Gasteiger partial charge is 0.294 e. The molecule has 3 heteroatoms. The van der Waals surface area contributed by atoms with Crippen molar-refractivity contribution in [3.8, 4) is 0 Å². The van der Waals surface area contributed by atoms with Crippen molar-refractivity contribution in [3.63, 3.8) is 0 Å². The molecule has 1 aromatic rings. The van der Waals surface area contributed by atoms with Crippen LogP contribution in [0.5, 0.6) is 0 Å². The van der Waals surface area contributed by atoms with Gasteiger partial charge < -0.3 is 0 Å². The molecule has 0 aromatic heterocycles. The van der Waals surface area contributed by atoms with E-state index in [0.29, 0.717) is 0 Å². The Kier molecular flexibility index (Phi) is 6.58. The zero-order valence-electron chi connectivity index (χ0n) is 11.2. The number of carbonyl (C=O) groups is 1. The number of Topliss-reactive ketones (excluding diaryl/α,β-unsaturated/α-hetero) is 1. The molecule has 0 radical (unpaired) electrons. The number of ketones is 1. The van der Waals surface area contributed by atoms with Crippen molar-refractivity contribution in [3.05, 3.63) is 32.2 Å². The smallest absolute Gasteiger partial charge is 0.167 e. The van der Waals surface area contributed by atoms with Crippen molar-refractivity contribution in [2.45, 2.75) is 46.5 Å². The zero-order chi connectivity index (χ0) is 13.7. The van der Waals surface area contributed by atoms with Crippen LogP contribution in [0.4, 0.5) is 0 Å². The fraction of sp³-hybridized carbons (Fsp3) is 0.533. The second kappa shape index (κ2) is 7.44. The van der Waals surface area contributed by atoms with Crippen molar-refractivity contribution in [1.82, 2.24) is 0 Å². The lowest BCUT2D eigenvalue weighted by atomic mass is 9.90. The van der Waals surface area contributed by atoms with E-state index in [1.54, 1.807) is 0 Å². The number of rotatable bonds is 6. The minimum absolute atomic E-state index is 0.149. The van der Waals surface area contributed by atoms with Crippen LogP contribution < -0.4 is 0 Å². The van der Waals surface area contributed by atoms with E-state index < -0.39 is 0 Å². The van der Waals surface area contributed by atoms with Gasteiger partial charge in [-0.1, -0.05) is 58.5 Å². The molecule has 1 aromatic carbocycles. The average Bonchev–Trinajstić information content (AvgIpc) is 2.34. The van der Waals surface area contributed by atoms with Gasteiger partial charge in [0.2, 0.25) is 0 Å². The van der Waals surface area contributed by atoms with E-state index in [1.807, 2.05) is 19.1 Å². The number of benzene rings is 1. The number of aryl methyl sites for hydroxylation is 1. The van der Waals surface area contributed by atoms with Gasteiger partial charge in [0.05, 0.1) is 0 Å². The summed E-state index contributed by atoms with van der Waals surface area (Å²) in [5.74, 6) is 0.411. The third kappa shape index (κ3) is 3.92. The Morgan fingerprint density at radius 3 is 2.44 bits per heavy atom. The standard InChI is InChI=1S/C15H20Br2O/c1-4-6-7-11(5-2)15(18)12-9-13(16)10(3)8-14(12)17/h8-9,11H,4-7H2,1-3H3. The monoisotopic (exact) mass is 374 g/mol. The molecule has 1 atom stereocenters. The van der Waals surface area contributed by atoms with Crippen LogP contribution in [0.1, 0.15) is 55.5 Å². The molecule has 0 fully saturated rings. The van der Waals surface area contributed by atoms with E-state index in [-0.39, 0.29) is 11.7 Å². The molecule has 0 heterocycles. The van der Waals surface area contributed by atoms with Crippen LogP contribution in [0.25, 0.3) is 0 Å². The number of halogens is 2. The molecule has 1 nitrogen and oxygen atoms in total. The minimum atomic E-state index is 0.149. The van der Waals surface area contributed by atoms with E-state index in [1.165, 1.54) is 0 Å². The lowest BCUT2D eigenvalue weighted by molar-refractivity contribution is 0.0907. The van der Waals surface area contributed by atoms with Crippen molar-refractivity contribution in [2.75, 3.05) is 0 Å². The van der Waals surface area contributed by atoms with Gasteiger partial charge in [-0.15, -0.1) is 0 Å². The van der Waals surface area contributed by atoms with Gasteiger partial charge in [-0.25, -0.2) is 0 Å². The summed E-state index contributed by atoms with van der Waals surface area (Å²) < 4.78 is 1.91. The van der Waals surface area contributed by atoms with Crippen molar-refractivity contribution in [1.29, 1.82) is 0 Å². The molecule has 100 valence electrons. The van der Waals surface area contributed by atoms with Crippen LogP contribution in [0.3, 0.4) is 0 Å². The summed E-state index contributed by atoms with van der Waals surface area (Å²) in [6.07, 6.45) is 4.16. The van der Waals surface area contributed by atoms with E-state index in [2.05, 4.69) is 45.7 Å². The molecule has 0 saturated heterocycles. The van der Waals surface area contributed by atoms with Crippen LogP contribution in [0.2, 0.25) is 0 Å². The lowest BCUT2D eigenvalue weighted by Crippen LogP contribution is -2.15. The summed E-state index contributed by atoms with van der Waals surface area (Å²) >= 11 is 7.01. The van der Waals surface area contributed by atoms with Gasteiger partial charge in [-0.05, 0) is 37.5 Å². The normalized spacial score (nSPS) is 12.5. The Balaban J connectivity index is 2.98. The number of hydrogen-bond acceptors (Lipinski definition) is 1. The van der Waals surface area contributed by atoms with E-state index in [0.717, 1.165) is 45.8 Å². The summed E-state index contributed by atoms with van der Waals surface area (Å²) in [5.41, 5.74) is 1.94. The lowest BCUT2D eigenvalue weighted by Gasteiger charge is -2.15. The fourth-order valence-corrected chi connectivity index (χ4v) is 3.02. The topological polar surface area (TPSA) is 17.1 Å². The van der Waals surface area contributed by atoms with Gasteiger partial charge in [-0.3, -0.25) is 4.79 Å². The van der Waals surface area contributed by atoms with Gasteiger partial charge in [0.15, 0.2) is 5.78 Å². The van der Waals surface area contributed by atoms with Crippen molar-refractivity contribution >= 4 is 37.6 Å². The first kappa shape index (κ1) is 15.9. The predicted molar refractivity (Wildman–Crippen MR) is 84.2 cm³/mol. The molecule has 1 rings (SSSR count). The molecule has 0 N–H and O–H groups in total. The number of hydrogen-bond donors (Lipinski definition) is 0. The first-order valence-electron chi connectivity index (χ1n) is 6.51. The highest BCUT2D eigenvalue weighted by atomic mass is 79.9. The molecule has 0 saturated carbocycles. The molecule has 0 amide bonds. The maximum atomic E-state index is 12.5. The van der Waals surface area contributed by atoms with Crippen molar-refractivity contribution < 1.29 is 4.79 Å². The first-order chi connectivity index (χ1) is 8.51. The van der Waals surface area contributed by atoms with E-state index in [4.69, 9.17) is 0 Å². The molecule has 18 heavy (non-hydrogen) atoms. The summed E-state index contributed by atoms with van der Waals surface area (Å²) in [6, 6.07) is 3.94. The molecule has 0 aliphatic carbocycles. The van der Waals surface area contributed by atoms with Gasteiger partial charge in [0, 0.05) is 20.4 Å². The van der Waals surface area contributed by atoms with E-state index in [9.17, 15) is 4.79 Å². The van der Waals surface area contributed by atoms with Gasteiger partial charge in [0.1, 0.15) is 0 Å². The highest BCUT2D eigenvalue weighted by Crippen LogP contribution is 2.29. The highest BCUT2D eigenvalue weighted by Gasteiger charge is 2.20. The van der Waals surface area contributed by atoms with Crippen LogP contribution in [0.15, 0.2) is 21.1 Å². The second-order valence-electron chi connectivity index (χ2n) is 4.69. The highest BCUT2D eigenvalue weighted by molar-refractivity contribution is 9.11. The Hall–Kier alpha value is -0.150. The van der Waals surface area contributed by atoms with Gasteiger partial charge in [0.25, 0.3) is 0 Å². The summed E-state index contributed by atoms with van der Waals surface area (Å²) in [5, 5.41) is 0. The number of unbranched alkanes of at least 4 members (excludes halogenated alkanes) is 1. The Bertz CT molecular complexity index is 427. The summed E-state index contributed by atoms with van der Waals surface area (Å²) in [4.78, 5) is 12.5. The van der Waals surface area contributed by atoms with Gasteiger partial charge in [-0.2, -0.15) is 0 Å². The zero-order valence-corrected chi connectivity index (χ0v) is 14.4. The van der Waals surface area contributed by atoms with Crippen LogP contribution in [0, 0.1) is 12.8 Å². The van der Waals surface area contributed by atoms with Crippen LogP contribution in [-0.2, 0) is 0 Å². The molecular weight excluding hydrogens is 356 g/mol. The Morgan fingerprint density at radius 1 is 1.22 bits per heavy atom. The SMILES string of the molecule is CCCCC(CC)C(=O)c1cc(Br)c(C)cc1Br. The maximum absolute atomic E-state index is 12.5. The second-order valence-corrected chi connectivity index (χ2v) is 6.40. The molecule has 0 aliphatic heterocycles. The predicted octanol–water partition coefficient (Wildman–Crippen LogP) is 5.92. The molecule has 0 aliphatic rings. The first-order valence-corrected chi connectivity index (χ1v) is 8.09. The van der Waals surface area contributed by atoms with Crippen LogP contribution in [-0.4, -0.2) is 5.78 Å². The number of carbonyl (C=O) groups excluding carboxylic acids is 1. The molecule has 0 bridgehead atoms. The Morgan fingerprint density at radius 2 is 1.89 bits per heavy atom. The summed E-state index contributed by atoms with van der Waals surface area (Å²) in [7, 11) is 0. The van der Waals surface area contributed by atoms with E-state index >= 15 is 0 Å². The third-order valence-electron chi connectivity index (χ3n) is 3.28. The average molecular weight is 376 g/mol. The van der Waals surface area contributed by atoms with Gasteiger partial charge >= 0.3 is 0 Å². The minimum Gasteiger partial charge on any atom is -0.294 e. The fourth-order valence-electron chi connectivity index (χ4n) is 2.03.